The number of nitrogens with zero attached hydrogens (tertiary/aromatic N) is 2. The lowest BCUT2D eigenvalue weighted by molar-refractivity contribution is 0.0519. The number of hydrogen-bond acceptors (Lipinski definition) is 5. The number of aromatic nitrogens is 1. The van der Waals surface area contributed by atoms with Gasteiger partial charge in [-0.1, -0.05) is 6.92 Å². The molecule has 5 nitrogen and oxygen atoms in total. The van der Waals surface area contributed by atoms with Crippen LogP contribution in [0.5, 0.6) is 0 Å². The van der Waals surface area contributed by atoms with Gasteiger partial charge in [0, 0.05) is 13.1 Å². The minimum absolute atomic E-state index is 0.243. The lowest BCUT2D eigenvalue weighted by Crippen LogP contribution is -2.35. The van der Waals surface area contributed by atoms with Crippen LogP contribution in [0.1, 0.15) is 50.0 Å². The Kier molecular flexibility index (Phi) is 4.45. The van der Waals surface area contributed by atoms with Gasteiger partial charge in [-0.3, -0.25) is 0 Å². The Balaban J connectivity index is 1.99. The van der Waals surface area contributed by atoms with E-state index >= 15 is 0 Å². The van der Waals surface area contributed by atoms with Crippen molar-refractivity contribution in [2.24, 2.45) is 5.92 Å². The van der Waals surface area contributed by atoms with Gasteiger partial charge in [0.2, 0.25) is 0 Å². The van der Waals surface area contributed by atoms with Crippen LogP contribution in [0.4, 0.5) is 6.01 Å². The van der Waals surface area contributed by atoms with Gasteiger partial charge in [0.15, 0.2) is 5.69 Å². The number of ether oxygens (including phenoxy) is 1. The van der Waals surface area contributed by atoms with E-state index in [0.29, 0.717) is 18.7 Å². The maximum atomic E-state index is 11.5. The molecule has 1 aromatic rings. The van der Waals surface area contributed by atoms with E-state index in [9.17, 15) is 4.79 Å². The normalized spacial score (nSPS) is 23.1. The van der Waals surface area contributed by atoms with Crippen LogP contribution in [0.25, 0.3) is 0 Å². The summed E-state index contributed by atoms with van der Waals surface area (Å²) in [5.74, 6) is 0.382. The van der Waals surface area contributed by atoms with Crippen LogP contribution in [0.3, 0.4) is 0 Å². The third-order valence-corrected chi connectivity index (χ3v) is 3.81. The maximum absolute atomic E-state index is 11.5. The van der Waals surface area contributed by atoms with E-state index in [1.165, 1.54) is 19.1 Å². The molecule has 0 bridgehead atoms. The second-order valence-electron chi connectivity index (χ2n) is 5.26. The summed E-state index contributed by atoms with van der Waals surface area (Å²) < 4.78 is 10.3. The first kappa shape index (κ1) is 13.9. The molecule has 0 unspecified atom stereocenters. The molecular formula is C14H22N2O3. The Hall–Kier alpha value is -1.52. The molecule has 0 aliphatic heterocycles. The van der Waals surface area contributed by atoms with Gasteiger partial charge in [-0.2, -0.15) is 4.98 Å². The molecule has 1 fully saturated rings. The number of carbonyl (C=O) groups excluding carboxylic acids is 1. The standard InChI is InChI=1S/C14H22N2O3/c1-4-18-13(17)12-9-19-14(15-12)16(3)11-7-5-10(2)6-8-11/h9-11H,4-8H2,1-3H3. The van der Waals surface area contributed by atoms with Crippen LogP contribution in [-0.2, 0) is 4.74 Å². The summed E-state index contributed by atoms with van der Waals surface area (Å²) in [7, 11) is 1.97. The molecule has 0 spiro atoms. The number of carbonyl (C=O) groups is 1. The van der Waals surface area contributed by atoms with Gasteiger partial charge in [0.25, 0.3) is 6.01 Å². The highest BCUT2D eigenvalue weighted by atomic mass is 16.5. The fourth-order valence-corrected chi connectivity index (χ4v) is 2.51. The Morgan fingerprint density at radius 3 is 2.79 bits per heavy atom. The zero-order chi connectivity index (χ0) is 13.8. The molecule has 0 atom stereocenters. The van der Waals surface area contributed by atoms with Crippen LogP contribution in [0.15, 0.2) is 10.7 Å². The molecule has 106 valence electrons. The molecular weight excluding hydrogens is 244 g/mol. The average molecular weight is 266 g/mol. The van der Waals surface area contributed by atoms with Gasteiger partial charge < -0.3 is 14.1 Å². The van der Waals surface area contributed by atoms with E-state index < -0.39 is 5.97 Å². The van der Waals surface area contributed by atoms with Crippen LogP contribution < -0.4 is 4.90 Å². The third-order valence-electron chi connectivity index (χ3n) is 3.81. The third kappa shape index (κ3) is 3.28. The predicted octanol–water partition coefficient (Wildman–Crippen LogP) is 2.87. The Morgan fingerprint density at radius 1 is 1.47 bits per heavy atom. The summed E-state index contributed by atoms with van der Waals surface area (Å²) in [6, 6.07) is 0.951. The van der Waals surface area contributed by atoms with Gasteiger partial charge in [-0.25, -0.2) is 4.79 Å². The SMILES string of the molecule is CCOC(=O)c1coc(N(C)C2CCC(C)CC2)n1. The Labute approximate surface area is 113 Å². The van der Waals surface area contributed by atoms with Crippen molar-refractivity contribution in [1.82, 2.24) is 4.98 Å². The van der Waals surface area contributed by atoms with Gasteiger partial charge in [-0.15, -0.1) is 0 Å². The van der Waals surface area contributed by atoms with Crippen molar-refractivity contribution in [3.63, 3.8) is 0 Å². The van der Waals surface area contributed by atoms with Crippen molar-refractivity contribution in [2.75, 3.05) is 18.6 Å². The van der Waals surface area contributed by atoms with Gasteiger partial charge in [0.1, 0.15) is 6.26 Å². The fraction of sp³-hybridized carbons (Fsp3) is 0.714. The highest BCUT2D eigenvalue weighted by Gasteiger charge is 2.25. The molecule has 0 saturated heterocycles. The van der Waals surface area contributed by atoms with Crippen molar-refractivity contribution in [1.29, 1.82) is 0 Å². The summed E-state index contributed by atoms with van der Waals surface area (Å²) in [5, 5.41) is 0. The molecule has 0 radical (unpaired) electrons. The zero-order valence-corrected chi connectivity index (χ0v) is 11.9. The number of rotatable bonds is 4. The van der Waals surface area contributed by atoms with Crippen LogP contribution in [0, 0.1) is 5.92 Å². The molecule has 1 heterocycles. The molecule has 1 aromatic heterocycles. The lowest BCUT2D eigenvalue weighted by atomic mass is 9.87. The van der Waals surface area contributed by atoms with Gasteiger partial charge >= 0.3 is 5.97 Å². The quantitative estimate of drug-likeness (QED) is 0.784. The first-order valence-electron chi connectivity index (χ1n) is 6.97. The number of anilines is 1. The van der Waals surface area contributed by atoms with Crippen molar-refractivity contribution >= 4 is 12.0 Å². The number of oxazole rings is 1. The average Bonchev–Trinajstić information content (AvgIpc) is 2.89. The van der Waals surface area contributed by atoms with E-state index in [-0.39, 0.29) is 5.69 Å². The topological polar surface area (TPSA) is 55.6 Å². The summed E-state index contributed by atoms with van der Waals surface area (Å²) in [6.07, 6.45) is 6.14. The predicted molar refractivity (Wildman–Crippen MR) is 72.3 cm³/mol. The smallest absolute Gasteiger partial charge is 0.360 e. The van der Waals surface area contributed by atoms with E-state index in [1.807, 2.05) is 11.9 Å². The van der Waals surface area contributed by atoms with Crippen LogP contribution >= 0.6 is 0 Å². The molecule has 5 heteroatoms. The molecule has 2 rings (SSSR count). The summed E-state index contributed by atoms with van der Waals surface area (Å²) >= 11 is 0. The van der Waals surface area contributed by atoms with Crippen molar-refractivity contribution in [2.45, 2.75) is 45.6 Å². The van der Waals surface area contributed by atoms with E-state index in [0.717, 1.165) is 18.8 Å². The van der Waals surface area contributed by atoms with Crippen LogP contribution in [0.2, 0.25) is 0 Å². The summed E-state index contributed by atoms with van der Waals surface area (Å²) in [4.78, 5) is 17.8. The lowest BCUT2D eigenvalue weighted by Gasteiger charge is -2.32. The van der Waals surface area contributed by atoms with E-state index in [4.69, 9.17) is 9.15 Å². The molecule has 0 amide bonds. The highest BCUT2D eigenvalue weighted by Crippen LogP contribution is 2.29. The first-order chi connectivity index (χ1) is 9.11. The molecule has 1 aliphatic carbocycles. The van der Waals surface area contributed by atoms with Gasteiger partial charge in [-0.05, 0) is 38.5 Å². The molecule has 19 heavy (non-hydrogen) atoms. The van der Waals surface area contributed by atoms with Gasteiger partial charge in [0.05, 0.1) is 6.61 Å². The summed E-state index contributed by atoms with van der Waals surface area (Å²) in [6.45, 7) is 4.41. The molecule has 0 N–H and O–H groups in total. The zero-order valence-electron chi connectivity index (χ0n) is 11.9. The molecule has 1 saturated carbocycles. The maximum Gasteiger partial charge on any atom is 0.360 e. The Bertz CT molecular complexity index is 422. The molecule has 1 aliphatic rings. The number of esters is 1. The minimum atomic E-state index is -0.428. The Morgan fingerprint density at radius 2 is 2.16 bits per heavy atom. The highest BCUT2D eigenvalue weighted by molar-refractivity contribution is 5.87. The van der Waals surface area contributed by atoms with E-state index in [1.54, 1.807) is 6.92 Å². The second-order valence-corrected chi connectivity index (χ2v) is 5.26. The minimum Gasteiger partial charge on any atom is -0.461 e. The van der Waals surface area contributed by atoms with E-state index in [2.05, 4.69) is 11.9 Å². The van der Waals surface area contributed by atoms with Crippen molar-refractivity contribution < 1.29 is 13.9 Å². The monoisotopic (exact) mass is 266 g/mol. The van der Waals surface area contributed by atoms with Crippen LogP contribution in [-0.4, -0.2) is 30.6 Å². The fourth-order valence-electron chi connectivity index (χ4n) is 2.51. The first-order valence-corrected chi connectivity index (χ1v) is 6.97. The largest absolute Gasteiger partial charge is 0.461 e. The second kappa shape index (κ2) is 6.08. The van der Waals surface area contributed by atoms with Crippen molar-refractivity contribution in [3.05, 3.63) is 12.0 Å². The number of hydrogen-bond donors (Lipinski definition) is 0. The molecule has 0 aromatic carbocycles. The summed E-state index contributed by atoms with van der Waals surface area (Å²) in [5.41, 5.74) is 0.243. The van der Waals surface area contributed by atoms with Crippen molar-refractivity contribution in [3.8, 4) is 0 Å².